The van der Waals surface area contributed by atoms with Gasteiger partial charge < -0.3 is 11.1 Å². The fourth-order valence-corrected chi connectivity index (χ4v) is 6.95. The summed E-state index contributed by atoms with van der Waals surface area (Å²) in [6.07, 6.45) is 3.82. The van der Waals surface area contributed by atoms with Gasteiger partial charge in [0.05, 0.1) is 22.3 Å². The average molecular weight is 577 g/mol. The number of fused-ring (bicyclic) bond motifs is 2. The number of nitrogens with two attached hydrogens (primary N) is 1. The van der Waals surface area contributed by atoms with Crippen LogP contribution in [0.15, 0.2) is 59.1 Å². The van der Waals surface area contributed by atoms with Crippen LogP contribution >= 0.6 is 27.3 Å². The Labute approximate surface area is 229 Å². The molecule has 37 heavy (non-hydrogen) atoms. The molecule has 5 rings (SSSR count). The smallest absolute Gasteiger partial charge is 0.257 e. The number of aromatic nitrogens is 1. The third kappa shape index (κ3) is 4.94. The second-order valence-corrected chi connectivity index (χ2v) is 12.4. The van der Waals surface area contributed by atoms with Crippen LogP contribution in [-0.4, -0.2) is 16.8 Å². The Bertz CT molecular complexity index is 1520. The first-order valence-electron chi connectivity index (χ1n) is 12.6. The van der Waals surface area contributed by atoms with Crippen molar-refractivity contribution in [1.29, 1.82) is 0 Å². The van der Waals surface area contributed by atoms with Gasteiger partial charge in [0.2, 0.25) is 0 Å². The van der Waals surface area contributed by atoms with Crippen molar-refractivity contribution < 1.29 is 9.59 Å². The Morgan fingerprint density at radius 2 is 1.95 bits per heavy atom. The summed E-state index contributed by atoms with van der Waals surface area (Å²) in [6, 6.07) is 17.3. The van der Waals surface area contributed by atoms with Crippen LogP contribution in [0.5, 0.6) is 0 Å². The zero-order chi connectivity index (χ0) is 26.3. The summed E-state index contributed by atoms with van der Waals surface area (Å²) >= 11 is 5.02. The van der Waals surface area contributed by atoms with Gasteiger partial charge in [-0.25, -0.2) is 4.98 Å². The number of thiophene rings is 1. The van der Waals surface area contributed by atoms with Crippen LogP contribution in [0, 0.1) is 11.3 Å². The van der Waals surface area contributed by atoms with Crippen molar-refractivity contribution in [1.82, 2.24) is 4.98 Å². The molecule has 1 aliphatic rings. The summed E-state index contributed by atoms with van der Waals surface area (Å²) in [4.78, 5) is 32.3. The zero-order valence-electron chi connectivity index (χ0n) is 21.2. The maximum absolute atomic E-state index is 13.7. The van der Waals surface area contributed by atoms with Crippen LogP contribution < -0.4 is 11.1 Å². The predicted octanol–water partition coefficient (Wildman–Crippen LogP) is 7.62. The molecule has 0 saturated carbocycles. The number of primary amides is 1. The highest BCUT2D eigenvalue weighted by Crippen LogP contribution is 2.45. The van der Waals surface area contributed by atoms with E-state index in [0.717, 1.165) is 57.1 Å². The van der Waals surface area contributed by atoms with Gasteiger partial charge in [-0.15, -0.1) is 11.3 Å². The summed E-state index contributed by atoms with van der Waals surface area (Å²) < 4.78 is 0.936. The molecule has 5 nitrogen and oxygen atoms in total. The molecular weight excluding hydrogens is 546 g/mol. The van der Waals surface area contributed by atoms with Crippen LogP contribution in [0.25, 0.3) is 22.2 Å². The van der Waals surface area contributed by atoms with Gasteiger partial charge in [0.1, 0.15) is 5.00 Å². The number of carbonyl (C=O) groups is 2. The zero-order valence-corrected chi connectivity index (χ0v) is 23.6. The van der Waals surface area contributed by atoms with E-state index in [2.05, 4.69) is 42.0 Å². The Balaban J connectivity index is 1.54. The number of nitrogens with zero attached hydrogens (tertiary/aromatic N) is 1. The van der Waals surface area contributed by atoms with E-state index in [4.69, 9.17) is 10.7 Å². The fraction of sp³-hybridized carbons (Fsp3) is 0.300. The molecule has 2 aromatic carbocycles. The van der Waals surface area contributed by atoms with Gasteiger partial charge in [0.15, 0.2) is 0 Å². The topological polar surface area (TPSA) is 85.1 Å². The maximum Gasteiger partial charge on any atom is 0.257 e. The number of pyridine rings is 1. The molecule has 0 radical (unpaired) electrons. The van der Waals surface area contributed by atoms with Crippen LogP contribution in [0.3, 0.4) is 0 Å². The van der Waals surface area contributed by atoms with Crippen LogP contribution in [-0.2, 0) is 12.8 Å². The normalized spacial score (nSPS) is 15.4. The molecule has 0 saturated heterocycles. The number of rotatable bonds is 6. The SMILES string of the molecule is CCC(C)(C)[C@H]1CCc2c(sc(NC(=O)c3cc(-c4cccc(Br)c4)nc4ccccc34)c2C(N)=O)C1. The molecule has 4 aromatic rings. The molecule has 0 aliphatic heterocycles. The molecule has 0 fully saturated rings. The minimum Gasteiger partial charge on any atom is -0.365 e. The Kier molecular flexibility index (Phi) is 6.94. The number of hydrogen-bond donors (Lipinski definition) is 2. The molecule has 2 aromatic heterocycles. The van der Waals surface area contributed by atoms with Crippen LogP contribution in [0.2, 0.25) is 0 Å². The second-order valence-electron chi connectivity index (χ2n) is 10.4. The Morgan fingerprint density at radius 1 is 1.16 bits per heavy atom. The van der Waals surface area contributed by atoms with Crippen LogP contribution in [0.4, 0.5) is 5.00 Å². The van der Waals surface area contributed by atoms with Gasteiger partial charge in [-0.1, -0.05) is 73.5 Å². The second kappa shape index (κ2) is 10.0. The number of nitrogens with one attached hydrogen (secondary N) is 1. The van der Waals surface area contributed by atoms with Crippen LogP contribution in [0.1, 0.15) is 64.8 Å². The monoisotopic (exact) mass is 575 g/mol. The molecule has 7 heteroatoms. The summed E-state index contributed by atoms with van der Waals surface area (Å²) in [6.45, 7) is 6.85. The molecule has 0 spiro atoms. The number of anilines is 1. The third-order valence-electron chi connectivity index (χ3n) is 7.84. The highest BCUT2D eigenvalue weighted by molar-refractivity contribution is 9.10. The number of amides is 2. The lowest BCUT2D eigenvalue weighted by atomic mass is 9.69. The maximum atomic E-state index is 13.7. The lowest BCUT2D eigenvalue weighted by molar-refractivity contribution is 0.0999. The van der Waals surface area contributed by atoms with Crippen molar-refractivity contribution in [2.24, 2.45) is 17.1 Å². The number of carbonyl (C=O) groups excluding carboxylic acids is 2. The van der Waals surface area contributed by atoms with Crippen molar-refractivity contribution >= 4 is 55.0 Å². The Hall–Kier alpha value is -3.03. The summed E-state index contributed by atoms with van der Waals surface area (Å²) in [5.41, 5.74) is 10.4. The third-order valence-corrected chi connectivity index (χ3v) is 9.50. The molecule has 1 atom stereocenters. The molecule has 3 N–H and O–H groups in total. The van der Waals surface area contributed by atoms with E-state index in [1.165, 1.54) is 11.3 Å². The molecule has 190 valence electrons. The molecule has 1 aliphatic carbocycles. The van der Waals surface area contributed by atoms with E-state index < -0.39 is 5.91 Å². The van der Waals surface area contributed by atoms with E-state index in [9.17, 15) is 9.59 Å². The number of halogens is 1. The first kappa shape index (κ1) is 25.6. The van der Waals surface area contributed by atoms with Crippen molar-refractivity contribution in [3.05, 3.63) is 80.6 Å². The summed E-state index contributed by atoms with van der Waals surface area (Å²) in [5.74, 6) is -0.235. The number of benzene rings is 2. The summed E-state index contributed by atoms with van der Waals surface area (Å²) in [7, 11) is 0. The number of hydrogen-bond acceptors (Lipinski definition) is 4. The van der Waals surface area contributed by atoms with Crippen molar-refractivity contribution in [2.75, 3.05) is 5.32 Å². The fourth-order valence-electron chi connectivity index (χ4n) is 5.22. The lowest BCUT2D eigenvalue weighted by Gasteiger charge is -2.36. The average Bonchev–Trinajstić information content (AvgIpc) is 3.25. The van der Waals surface area contributed by atoms with E-state index in [1.807, 2.05) is 54.6 Å². The van der Waals surface area contributed by atoms with Crippen molar-refractivity contribution in [2.45, 2.75) is 46.5 Å². The van der Waals surface area contributed by atoms with Gasteiger partial charge in [-0.2, -0.15) is 0 Å². The molecular formula is C30H30BrN3O2S. The van der Waals surface area contributed by atoms with E-state index >= 15 is 0 Å². The minimum absolute atomic E-state index is 0.219. The number of para-hydroxylation sites is 1. The lowest BCUT2D eigenvalue weighted by Crippen LogP contribution is -2.29. The first-order chi connectivity index (χ1) is 17.7. The van der Waals surface area contributed by atoms with Gasteiger partial charge in [0, 0.05) is 20.3 Å². The largest absolute Gasteiger partial charge is 0.365 e. The molecule has 2 amide bonds. The minimum atomic E-state index is -0.490. The van der Waals surface area contributed by atoms with E-state index in [-0.39, 0.29) is 11.3 Å². The van der Waals surface area contributed by atoms with E-state index in [1.54, 1.807) is 0 Å². The predicted molar refractivity (Wildman–Crippen MR) is 155 cm³/mol. The van der Waals surface area contributed by atoms with Gasteiger partial charge in [-0.3, -0.25) is 9.59 Å². The highest BCUT2D eigenvalue weighted by Gasteiger charge is 2.35. The van der Waals surface area contributed by atoms with Crippen molar-refractivity contribution in [3.63, 3.8) is 0 Å². The summed E-state index contributed by atoms with van der Waals surface area (Å²) in [5, 5.41) is 4.36. The Morgan fingerprint density at radius 3 is 2.68 bits per heavy atom. The van der Waals surface area contributed by atoms with E-state index in [0.29, 0.717) is 27.7 Å². The highest BCUT2D eigenvalue weighted by atomic mass is 79.9. The van der Waals surface area contributed by atoms with Gasteiger partial charge in [-0.05, 0) is 60.4 Å². The molecule has 0 unspecified atom stereocenters. The quantitative estimate of drug-likeness (QED) is 0.248. The van der Waals surface area contributed by atoms with Crippen molar-refractivity contribution in [3.8, 4) is 11.3 Å². The standard InChI is InChI=1S/C30H30BrN3O2S/c1-4-30(2,3)18-12-13-21-25(15-18)37-29(26(21)27(32)35)34-28(36)22-16-24(17-8-7-9-19(31)14-17)33-23-11-6-5-10-20(22)23/h5-11,14,16,18H,4,12-13,15H2,1-3H3,(H2,32,35)(H,34,36)/t18-/m0/s1. The van der Waals surface area contributed by atoms with Gasteiger partial charge in [0.25, 0.3) is 11.8 Å². The first-order valence-corrected chi connectivity index (χ1v) is 14.2. The molecule has 2 heterocycles. The molecule has 0 bridgehead atoms. The van der Waals surface area contributed by atoms with Gasteiger partial charge >= 0.3 is 0 Å².